The summed E-state index contributed by atoms with van der Waals surface area (Å²) in [6.45, 7) is 5.85. The first-order valence-electron chi connectivity index (χ1n) is 6.66. The van der Waals surface area contributed by atoms with Gasteiger partial charge in [-0.1, -0.05) is 13.8 Å². The fraction of sp³-hybridized carbons (Fsp3) is 0.750. The van der Waals surface area contributed by atoms with Crippen LogP contribution in [-0.2, 0) is 16.6 Å². The van der Waals surface area contributed by atoms with Gasteiger partial charge in [-0.2, -0.15) is 0 Å². The van der Waals surface area contributed by atoms with E-state index >= 15 is 0 Å². The molecule has 7 heteroatoms. The maximum absolute atomic E-state index is 11.6. The van der Waals surface area contributed by atoms with Gasteiger partial charge < -0.3 is 9.88 Å². The lowest BCUT2D eigenvalue weighted by molar-refractivity contribution is 0.556. The van der Waals surface area contributed by atoms with E-state index in [1.54, 1.807) is 12.5 Å². The molecule has 0 amide bonds. The smallest absolute Gasteiger partial charge is 0.212 e. The molecular formula is C12H24N4O2S. The number of sulfonamides is 1. The van der Waals surface area contributed by atoms with Crippen LogP contribution in [0.25, 0.3) is 0 Å². The molecule has 0 aromatic carbocycles. The number of nitrogens with one attached hydrogen (secondary N) is 2. The highest BCUT2D eigenvalue weighted by atomic mass is 32.2. The molecule has 1 aromatic rings. The van der Waals surface area contributed by atoms with Crippen molar-refractivity contribution in [2.24, 2.45) is 0 Å². The Morgan fingerprint density at radius 1 is 1.26 bits per heavy atom. The van der Waals surface area contributed by atoms with Gasteiger partial charge >= 0.3 is 0 Å². The molecule has 0 spiro atoms. The van der Waals surface area contributed by atoms with Crippen molar-refractivity contribution in [2.45, 2.75) is 39.3 Å². The van der Waals surface area contributed by atoms with Crippen molar-refractivity contribution in [3.63, 3.8) is 0 Å². The Labute approximate surface area is 115 Å². The minimum atomic E-state index is -3.14. The highest BCUT2D eigenvalue weighted by Crippen LogP contribution is 1.95. The van der Waals surface area contributed by atoms with Crippen LogP contribution in [0, 0.1) is 0 Å². The first-order valence-corrected chi connectivity index (χ1v) is 8.31. The summed E-state index contributed by atoms with van der Waals surface area (Å²) in [4.78, 5) is 3.95. The second kappa shape index (κ2) is 8.29. The van der Waals surface area contributed by atoms with E-state index in [-0.39, 0.29) is 5.75 Å². The number of imidazole rings is 1. The largest absolute Gasteiger partial charge is 0.337 e. The molecule has 1 aromatic heterocycles. The van der Waals surface area contributed by atoms with E-state index in [0.29, 0.717) is 19.1 Å². The molecule has 0 saturated carbocycles. The Morgan fingerprint density at radius 3 is 2.68 bits per heavy atom. The first kappa shape index (κ1) is 16.1. The minimum Gasteiger partial charge on any atom is -0.337 e. The van der Waals surface area contributed by atoms with Crippen molar-refractivity contribution in [2.75, 3.05) is 18.8 Å². The molecular weight excluding hydrogens is 264 g/mol. The number of aryl methyl sites for hydroxylation is 1. The van der Waals surface area contributed by atoms with Gasteiger partial charge in [-0.05, 0) is 12.8 Å². The van der Waals surface area contributed by atoms with Crippen LogP contribution < -0.4 is 10.0 Å². The van der Waals surface area contributed by atoms with Gasteiger partial charge in [0.25, 0.3) is 0 Å². The molecule has 0 bridgehead atoms. The molecule has 19 heavy (non-hydrogen) atoms. The third kappa shape index (κ3) is 7.97. The van der Waals surface area contributed by atoms with E-state index in [1.807, 2.05) is 24.6 Å². The second-order valence-electron chi connectivity index (χ2n) is 4.83. The first-order chi connectivity index (χ1) is 8.99. The highest BCUT2D eigenvalue weighted by molar-refractivity contribution is 7.89. The zero-order valence-corrected chi connectivity index (χ0v) is 12.5. The van der Waals surface area contributed by atoms with Gasteiger partial charge in [0, 0.05) is 38.1 Å². The predicted octanol–water partition coefficient (Wildman–Crippen LogP) is 0.581. The molecule has 0 aliphatic carbocycles. The SMILES string of the molecule is CC(C)NCCS(=O)(=O)NCCCCn1ccnc1. The van der Waals surface area contributed by atoms with Gasteiger partial charge in [-0.15, -0.1) is 0 Å². The number of nitrogens with zero attached hydrogens (tertiary/aromatic N) is 2. The van der Waals surface area contributed by atoms with Crippen molar-refractivity contribution < 1.29 is 8.42 Å². The van der Waals surface area contributed by atoms with Crippen LogP contribution in [0.4, 0.5) is 0 Å². The molecule has 1 rings (SSSR count). The van der Waals surface area contributed by atoms with Crippen molar-refractivity contribution in [1.82, 2.24) is 19.6 Å². The lowest BCUT2D eigenvalue weighted by Crippen LogP contribution is -2.34. The van der Waals surface area contributed by atoms with Gasteiger partial charge in [-0.3, -0.25) is 0 Å². The maximum Gasteiger partial charge on any atom is 0.212 e. The molecule has 0 radical (unpaired) electrons. The molecule has 0 aliphatic heterocycles. The van der Waals surface area contributed by atoms with E-state index < -0.39 is 10.0 Å². The van der Waals surface area contributed by atoms with Crippen molar-refractivity contribution >= 4 is 10.0 Å². The topological polar surface area (TPSA) is 76.0 Å². The minimum absolute atomic E-state index is 0.132. The third-order valence-electron chi connectivity index (χ3n) is 2.65. The van der Waals surface area contributed by atoms with Crippen LogP contribution in [-0.4, -0.2) is 42.9 Å². The summed E-state index contributed by atoms with van der Waals surface area (Å²) in [5.74, 6) is 0.132. The summed E-state index contributed by atoms with van der Waals surface area (Å²) in [6, 6.07) is 0.311. The van der Waals surface area contributed by atoms with Crippen LogP contribution in [0.2, 0.25) is 0 Å². The van der Waals surface area contributed by atoms with E-state index in [4.69, 9.17) is 0 Å². The van der Waals surface area contributed by atoms with Crippen LogP contribution in [0.1, 0.15) is 26.7 Å². The summed E-state index contributed by atoms with van der Waals surface area (Å²) in [6.07, 6.45) is 7.17. The van der Waals surface area contributed by atoms with Crippen molar-refractivity contribution in [1.29, 1.82) is 0 Å². The summed E-state index contributed by atoms with van der Waals surface area (Å²) < 4.78 is 27.9. The Bertz CT molecular complexity index is 429. The molecule has 110 valence electrons. The predicted molar refractivity (Wildman–Crippen MR) is 76.4 cm³/mol. The number of hydrogen-bond donors (Lipinski definition) is 2. The summed E-state index contributed by atoms with van der Waals surface area (Å²) in [5, 5.41) is 3.09. The van der Waals surface area contributed by atoms with Gasteiger partial charge in [0.2, 0.25) is 10.0 Å². The molecule has 0 fully saturated rings. The Hall–Kier alpha value is -0.920. The quantitative estimate of drug-likeness (QED) is 0.618. The Balaban J connectivity index is 2.07. The molecule has 2 N–H and O–H groups in total. The molecule has 0 atom stereocenters. The Morgan fingerprint density at radius 2 is 2.05 bits per heavy atom. The number of hydrogen-bond acceptors (Lipinski definition) is 4. The summed E-state index contributed by atoms with van der Waals surface area (Å²) in [7, 11) is -3.14. The maximum atomic E-state index is 11.6. The van der Waals surface area contributed by atoms with E-state index in [1.165, 1.54) is 0 Å². The zero-order chi connectivity index (χ0) is 14.1. The number of unbranched alkanes of at least 4 members (excludes halogenated alkanes) is 1. The monoisotopic (exact) mass is 288 g/mol. The van der Waals surface area contributed by atoms with Crippen LogP contribution >= 0.6 is 0 Å². The molecule has 0 unspecified atom stereocenters. The lowest BCUT2D eigenvalue weighted by atomic mass is 10.3. The molecule has 0 aliphatic rings. The van der Waals surface area contributed by atoms with Crippen molar-refractivity contribution in [3.05, 3.63) is 18.7 Å². The van der Waals surface area contributed by atoms with Gasteiger partial charge in [0.1, 0.15) is 0 Å². The van der Waals surface area contributed by atoms with E-state index in [9.17, 15) is 8.42 Å². The van der Waals surface area contributed by atoms with Gasteiger partial charge in [0.15, 0.2) is 0 Å². The zero-order valence-electron chi connectivity index (χ0n) is 11.7. The molecule has 0 saturated heterocycles. The average molecular weight is 288 g/mol. The highest BCUT2D eigenvalue weighted by Gasteiger charge is 2.08. The van der Waals surface area contributed by atoms with E-state index in [0.717, 1.165) is 19.4 Å². The standard InChI is InChI=1S/C12H24N4O2S/c1-12(2)14-7-10-19(17,18)15-5-3-4-8-16-9-6-13-11-16/h6,9,11-12,14-15H,3-5,7-8,10H2,1-2H3. The number of rotatable bonds is 10. The van der Waals surface area contributed by atoms with Crippen LogP contribution in [0.5, 0.6) is 0 Å². The normalized spacial score (nSPS) is 12.2. The number of aromatic nitrogens is 2. The molecule has 1 heterocycles. The summed E-state index contributed by atoms with van der Waals surface area (Å²) in [5.41, 5.74) is 0. The lowest BCUT2D eigenvalue weighted by Gasteiger charge is -2.09. The fourth-order valence-electron chi connectivity index (χ4n) is 1.62. The second-order valence-corrected chi connectivity index (χ2v) is 6.76. The van der Waals surface area contributed by atoms with Crippen LogP contribution in [0.15, 0.2) is 18.7 Å². The molecule has 6 nitrogen and oxygen atoms in total. The third-order valence-corrected chi connectivity index (χ3v) is 4.03. The van der Waals surface area contributed by atoms with Crippen LogP contribution in [0.3, 0.4) is 0 Å². The fourth-order valence-corrected chi connectivity index (χ4v) is 2.61. The Kier molecular flexibility index (Phi) is 7.04. The van der Waals surface area contributed by atoms with Gasteiger partial charge in [0.05, 0.1) is 12.1 Å². The average Bonchev–Trinajstić information content (AvgIpc) is 2.80. The van der Waals surface area contributed by atoms with Gasteiger partial charge in [-0.25, -0.2) is 18.1 Å². The van der Waals surface area contributed by atoms with E-state index in [2.05, 4.69) is 15.0 Å². The van der Waals surface area contributed by atoms with Crippen molar-refractivity contribution in [3.8, 4) is 0 Å². The summed E-state index contributed by atoms with van der Waals surface area (Å²) >= 11 is 0.